The highest BCUT2D eigenvalue weighted by Crippen LogP contribution is 2.28. The van der Waals surface area contributed by atoms with E-state index in [1.165, 1.54) is 69.3 Å². The average Bonchev–Trinajstić information content (AvgIpc) is 3.01. The summed E-state index contributed by atoms with van der Waals surface area (Å²) in [6, 6.07) is 9.19. The molecule has 0 bridgehead atoms. The number of anilines is 1. The Kier molecular flexibility index (Phi) is 4.30. The molecule has 2 fully saturated rings. The SMILES string of the molecule is CC1(NCc2ccc(N3CCCC3)cc2)CCCCC1. The van der Waals surface area contributed by atoms with Crippen LogP contribution in [0.25, 0.3) is 0 Å². The highest BCUT2D eigenvalue weighted by atomic mass is 15.1. The quantitative estimate of drug-likeness (QED) is 0.887. The zero-order valence-electron chi connectivity index (χ0n) is 12.8. The molecule has 0 unspecified atom stereocenters. The van der Waals surface area contributed by atoms with Crippen molar-refractivity contribution in [2.75, 3.05) is 18.0 Å². The largest absolute Gasteiger partial charge is 0.372 e. The maximum Gasteiger partial charge on any atom is 0.0366 e. The molecule has 1 aromatic carbocycles. The second-order valence-electron chi connectivity index (χ2n) is 6.84. The molecule has 3 rings (SSSR count). The van der Waals surface area contributed by atoms with Gasteiger partial charge in [-0.1, -0.05) is 31.4 Å². The van der Waals surface area contributed by atoms with Crippen molar-refractivity contribution in [1.82, 2.24) is 5.32 Å². The lowest BCUT2D eigenvalue weighted by Crippen LogP contribution is -2.43. The summed E-state index contributed by atoms with van der Waals surface area (Å²) in [5, 5.41) is 3.79. The van der Waals surface area contributed by atoms with E-state index in [4.69, 9.17) is 0 Å². The van der Waals surface area contributed by atoms with Crippen molar-refractivity contribution in [2.24, 2.45) is 0 Å². The van der Waals surface area contributed by atoms with Crippen LogP contribution in [0.2, 0.25) is 0 Å². The molecule has 0 atom stereocenters. The number of hydrogen-bond donors (Lipinski definition) is 1. The van der Waals surface area contributed by atoms with Gasteiger partial charge in [0.2, 0.25) is 0 Å². The fraction of sp³-hybridized carbons (Fsp3) is 0.667. The number of benzene rings is 1. The molecule has 2 aliphatic rings. The van der Waals surface area contributed by atoms with Gasteiger partial charge in [-0.2, -0.15) is 0 Å². The third-order valence-electron chi connectivity index (χ3n) is 5.08. The van der Waals surface area contributed by atoms with Gasteiger partial charge < -0.3 is 10.2 Å². The van der Waals surface area contributed by atoms with E-state index in [9.17, 15) is 0 Å². The summed E-state index contributed by atoms with van der Waals surface area (Å²) >= 11 is 0. The van der Waals surface area contributed by atoms with Gasteiger partial charge in [0.25, 0.3) is 0 Å². The lowest BCUT2D eigenvalue weighted by Gasteiger charge is -2.35. The van der Waals surface area contributed by atoms with Crippen molar-refractivity contribution >= 4 is 5.69 Å². The number of rotatable bonds is 4. The van der Waals surface area contributed by atoms with E-state index in [2.05, 4.69) is 41.4 Å². The van der Waals surface area contributed by atoms with E-state index in [0.29, 0.717) is 5.54 Å². The predicted octanol–water partition coefficient (Wildman–Crippen LogP) is 4.10. The molecule has 2 nitrogen and oxygen atoms in total. The lowest BCUT2D eigenvalue weighted by molar-refractivity contribution is 0.252. The Morgan fingerprint density at radius 3 is 2.25 bits per heavy atom. The molecule has 2 heteroatoms. The fourth-order valence-corrected chi connectivity index (χ4v) is 3.62. The summed E-state index contributed by atoms with van der Waals surface area (Å²) in [6.45, 7) is 5.87. The Labute approximate surface area is 123 Å². The van der Waals surface area contributed by atoms with Crippen LogP contribution in [0.15, 0.2) is 24.3 Å². The number of nitrogens with zero attached hydrogens (tertiary/aromatic N) is 1. The van der Waals surface area contributed by atoms with Crippen LogP contribution in [0.3, 0.4) is 0 Å². The standard InChI is InChI=1S/C18H28N2/c1-18(11-3-2-4-12-18)19-15-16-7-9-17(10-8-16)20-13-5-6-14-20/h7-10,19H,2-6,11-15H2,1H3. The molecule has 1 aliphatic carbocycles. The van der Waals surface area contributed by atoms with Crippen molar-refractivity contribution in [3.05, 3.63) is 29.8 Å². The topological polar surface area (TPSA) is 15.3 Å². The first-order valence-electron chi connectivity index (χ1n) is 8.34. The molecule has 1 aromatic rings. The van der Waals surface area contributed by atoms with E-state index in [1.54, 1.807) is 0 Å². The third-order valence-corrected chi connectivity index (χ3v) is 5.08. The van der Waals surface area contributed by atoms with Crippen LogP contribution in [0.1, 0.15) is 57.4 Å². The molecular weight excluding hydrogens is 244 g/mol. The Hall–Kier alpha value is -1.02. The molecule has 1 aliphatic heterocycles. The first-order chi connectivity index (χ1) is 9.75. The van der Waals surface area contributed by atoms with Gasteiger partial charge in [0.1, 0.15) is 0 Å². The fourth-order valence-electron chi connectivity index (χ4n) is 3.62. The van der Waals surface area contributed by atoms with Crippen LogP contribution >= 0.6 is 0 Å². The summed E-state index contributed by atoms with van der Waals surface area (Å²) in [7, 11) is 0. The Morgan fingerprint density at radius 1 is 0.950 bits per heavy atom. The summed E-state index contributed by atoms with van der Waals surface area (Å²) < 4.78 is 0. The molecule has 1 saturated carbocycles. The van der Waals surface area contributed by atoms with Crippen molar-refractivity contribution in [2.45, 2.75) is 64.0 Å². The molecule has 0 spiro atoms. The van der Waals surface area contributed by atoms with Gasteiger partial charge in [0.15, 0.2) is 0 Å². The molecule has 0 aromatic heterocycles. The summed E-state index contributed by atoms with van der Waals surface area (Å²) in [5.74, 6) is 0. The van der Waals surface area contributed by atoms with Crippen LogP contribution in [0, 0.1) is 0 Å². The Balaban J connectivity index is 1.55. The summed E-state index contributed by atoms with van der Waals surface area (Å²) in [6.07, 6.45) is 9.55. The van der Waals surface area contributed by atoms with Crippen LogP contribution < -0.4 is 10.2 Å². The molecule has 110 valence electrons. The molecule has 1 heterocycles. The van der Waals surface area contributed by atoms with Crippen molar-refractivity contribution in [3.8, 4) is 0 Å². The minimum Gasteiger partial charge on any atom is -0.372 e. The summed E-state index contributed by atoms with van der Waals surface area (Å²) in [4.78, 5) is 2.50. The molecule has 0 amide bonds. The minimum absolute atomic E-state index is 0.367. The van der Waals surface area contributed by atoms with Crippen LogP contribution in [-0.2, 0) is 6.54 Å². The van der Waals surface area contributed by atoms with Gasteiger partial charge >= 0.3 is 0 Å². The minimum atomic E-state index is 0.367. The smallest absolute Gasteiger partial charge is 0.0366 e. The van der Waals surface area contributed by atoms with Crippen LogP contribution in [0.5, 0.6) is 0 Å². The Bertz CT molecular complexity index is 412. The van der Waals surface area contributed by atoms with Gasteiger partial charge in [-0.15, -0.1) is 0 Å². The van der Waals surface area contributed by atoms with Crippen molar-refractivity contribution in [3.63, 3.8) is 0 Å². The second kappa shape index (κ2) is 6.17. The summed E-state index contributed by atoms with van der Waals surface area (Å²) in [5.41, 5.74) is 3.18. The van der Waals surface area contributed by atoms with Gasteiger partial charge in [-0.25, -0.2) is 0 Å². The van der Waals surface area contributed by atoms with Crippen LogP contribution in [-0.4, -0.2) is 18.6 Å². The highest BCUT2D eigenvalue weighted by Gasteiger charge is 2.25. The predicted molar refractivity (Wildman–Crippen MR) is 86.2 cm³/mol. The van der Waals surface area contributed by atoms with Gasteiger partial charge in [0, 0.05) is 30.9 Å². The highest BCUT2D eigenvalue weighted by molar-refractivity contribution is 5.48. The van der Waals surface area contributed by atoms with E-state index < -0.39 is 0 Å². The molecule has 1 N–H and O–H groups in total. The first-order valence-corrected chi connectivity index (χ1v) is 8.34. The van der Waals surface area contributed by atoms with Crippen molar-refractivity contribution < 1.29 is 0 Å². The number of nitrogens with one attached hydrogen (secondary N) is 1. The van der Waals surface area contributed by atoms with E-state index in [1.807, 2.05) is 0 Å². The van der Waals surface area contributed by atoms with E-state index in [0.717, 1.165) is 6.54 Å². The second-order valence-corrected chi connectivity index (χ2v) is 6.84. The van der Waals surface area contributed by atoms with Gasteiger partial charge in [0.05, 0.1) is 0 Å². The average molecular weight is 272 g/mol. The van der Waals surface area contributed by atoms with Gasteiger partial charge in [-0.05, 0) is 50.3 Å². The maximum atomic E-state index is 3.79. The lowest BCUT2D eigenvalue weighted by atomic mass is 9.83. The van der Waals surface area contributed by atoms with Crippen molar-refractivity contribution in [1.29, 1.82) is 0 Å². The molecule has 20 heavy (non-hydrogen) atoms. The first kappa shape index (κ1) is 13.9. The molecule has 1 saturated heterocycles. The van der Waals surface area contributed by atoms with Crippen LogP contribution in [0.4, 0.5) is 5.69 Å². The normalized spacial score (nSPS) is 22.1. The molecule has 0 radical (unpaired) electrons. The monoisotopic (exact) mass is 272 g/mol. The van der Waals surface area contributed by atoms with E-state index >= 15 is 0 Å². The maximum absolute atomic E-state index is 3.79. The third kappa shape index (κ3) is 3.35. The Morgan fingerprint density at radius 2 is 1.60 bits per heavy atom. The zero-order chi connectivity index (χ0) is 13.8. The van der Waals surface area contributed by atoms with Gasteiger partial charge in [-0.3, -0.25) is 0 Å². The van der Waals surface area contributed by atoms with E-state index in [-0.39, 0.29) is 0 Å². The number of hydrogen-bond acceptors (Lipinski definition) is 2. The molecular formula is C18H28N2. The zero-order valence-corrected chi connectivity index (χ0v) is 12.8.